The van der Waals surface area contributed by atoms with E-state index in [1.54, 1.807) is 56.0 Å². The van der Waals surface area contributed by atoms with E-state index < -0.39 is 9.84 Å². The van der Waals surface area contributed by atoms with Crippen LogP contribution in [0.25, 0.3) is 10.8 Å². The molecule has 0 atom stereocenters. The summed E-state index contributed by atoms with van der Waals surface area (Å²) < 4.78 is 28.3. The number of pyridine rings is 3. The van der Waals surface area contributed by atoms with Crippen LogP contribution in [0.2, 0.25) is 0 Å². The number of nitrogens with one attached hydrogen (secondary N) is 1. The fourth-order valence-electron chi connectivity index (χ4n) is 2.87. The summed E-state index contributed by atoms with van der Waals surface area (Å²) in [4.78, 5) is 13.2. The molecule has 0 spiro atoms. The van der Waals surface area contributed by atoms with Gasteiger partial charge in [0, 0.05) is 52.9 Å². The van der Waals surface area contributed by atoms with Gasteiger partial charge in [-0.25, -0.2) is 23.4 Å². The van der Waals surface area contributed by atoms with Crippen molar-refractivity contribution in [3.63, 3.8) is 0 Å². The Kier molecular flexibility index (Phi) is 5.52. The normalized spacial score (nSPS) is 10.9. The van der Waals surface area contributed by atoms with Gasteiger partial charge in [0.1, 0.15) is 11.5 Å². The van der Waals surface area contributed by atoms with Gasteiger partial charge in [-0.3, -0.25) is 0 Å². The summed E-state index contributed by atoms with van der Waals surface area (Å²) in [6.07, 6.45) is 6.26. The molecule has 8 heteroatoms. The molecular formula is C23H18N4O3S. The zero-order valence-electron chi connectivity index (χ0n) is 16.8. The molecule has 3 heterocycles. The minimum absolute atomic E-state index is 0.263. The molecule has 0 fully saturated rings. The summed E-state index contributed by atoms with van der Waals surface area (Å²) in [5.41, 5.74) is 2.09. The molecule has 7 nitrogen and oxygen atoms in total. The Morgan fingerprint density at radius 2 is 1.74 bits per heavy atom. The Morgan fingerprint density at radius 3 is 2.42 bits per heavy atom. The van der Waals surface area contributed by atoms with Crippen LogP contribution in [0.1, 0.15) is 11.3 Å². The molecule has 31 heavy (non-hydrogen) atoms. The van der Waals surface area contributed by atoms with Crippen LogP contribution in [-0.2, 0) is 9.84 Å². The second-order valence-corrected chi connectivity index (χ2v) is 8.73. The van der Waals surface area contributed by atoms with Gasteiger partial charge in [0.2, 0.25) is 5.88 Å². The Bertz CT molecular complexity index is 1410. The maximum Gasteiger partial charge on any atom is 0.212 e. The third kappa shape index (κ3) is 4.79. The quantitative estimate of drug-likeness (QED) is 0.495. The van der Waals surface area contributed by atoms with E-state index in [9.17, 15) is 8.42 Å². The predicted octanol–water partition coefficient (Wildman–Crippen LogP) is 3.58. The highest BCUT2D eigenvalue weighted by Gasteiger charge is 2.07. The molecule has 0 saturated carbocycles. The third-order valence-corrected chi connectivity index (χ3v) is 5.60. The van der Waals surface area contributed by atoms with Gasteiger partial charge < -0.3 is 10.1 Å². The van der Waals surface area contributed by atoms with E-state index in [4.69, 9.17) is 4.74 Å². The number of benzene rings is 1. The minimum Gasteiger partial charge on any atom is -0.481 e. The lowest BCUT2D eigenvalue weighted by Crippen LogP contribution is -1.98. The summed E-state index contributed by atoms with van der Waals surface area (Å²) in [6, 6.07) is 13.8. The fourth-order valence-corrected chi connectivity index (χ4v) is 3.50. The van der Waals surface area contributed by atoms with Crippen molar-refractivity contribution in [1.82, 2.24) is 15.0 Å². The highest BCUT2D eigenvalue weighted by molar-refractivity contribution is 7.90. The predicted molar refractivity (Wildman–Crippen MR) is 119 cm³/mol. The molecule has 0 bridgehead atoms. The molecule has 0 amide bonds. The van der Waals surface area contributed by atoms with Crippen molar-refractivity contribution in [3.8, 4) is 17.7 Å². The molecule has 0 aliphatic carbocycles. The van der Waals surface area contributed by atoms with Gasteiger partial charge in [-0.1, -0.05) is 5.92 Å². The van der Waals surface area contributed by atoms with E-state index in [1.165, 1.54) is 6.26 Å². The van der Waals surface area contributed by atoms with Crippen LogP contribution in [0.4, 0.5) is 11.5 Å². The number of hydrogen-bond acceptors (Lipinski definition) is 7. The van der Waals surface area contributed by atoms with Crippen molar-refractivity contribution in [1.29, 1.82) is 0 Å². The molecule has 1 N–H and O–H groups in total. The first-order valence-corrected chi connectivity index (χ1v) is 11.2. The topological polar surface area (TPSA) is 94.1 Å². The first-order valence-electron chi connectivity index (χ1n) is 9.26. The number of anilines is 2. The molecule has 0 unspecified atom stereocenters. The number of methoxy groups -OCH3 is 1. The van der Waals surface area contributed by atoms with Gasteiger partial charge in [0.15, 0.2) is 9.84 Å². The third-order valence-electron chi connectivity index (χ3n) is 4.47. The van der Waals surface area contributed by atoms with Crippen molar-refractivity contribution in [3.05, 3.63) is 78.4 Å². The minimum atomic E-state index is -3.24. The van der Waals surface area contributed by atoms with E-state index in [2.05, 4.69) is 32.1 Å². The number of rotatable bonds is 4. The average Bonchev–Trinajstić information content (AvgIpc) is 2.78. The Hall–Kier alpha value is -3.96. The Labute approximate surface area is 180 Å². The summed E-state index contributed by atoms with van der Waals surface area (Å²) in [5, 5.41) is 4.94. The monoisotopic (exact) mass is 430 g/mol. The lowest BCUT2D eigenvalue weighted by atomic mass is 10.1. The van der Waals surface area contributed by atoms with E-state index in [0.29, 0.717) is 17.4 Å². The van der Waals surface area contributed by atoms with E-state index in [-0.39, 0.29) is 4.90 Å². The van der Waals surface area contributed by atoms with Crippen LogP contribution >= 0.6 is 0 Å². The van der Waals surface area contributed by atoms with Crippen molar-refractivity contribution in [2.75, 3.05) is 18.7 Å². The summed E-state index contributed by atoms with van der Waals surface area (Å²) in [7, 11) is -1.68. The lowest BCUT2D eigenvalue weighted by Gasteiger charge is -2.08. The lowest BCUT2D eigenvalue weighted by molar-refractivity contribution is 0.398. The van der Waals surface area contributed by atoms with Gasteiger partial charge in [0.05, 0.1) is 12.0 Å². The Balaban J connectivity index is 1.63. The molecule has 3 aromatic heterocycles. The van der Waals surface area contributed by atoms with E-state index in [1.807, 2.05) is 18.2 Å². The first kappa shape index (κ1) is 20.3. The maximum absolute atomic E-state index is 11.6. The molecule has 4 rings (SSSR count). The SMILES string of the molecule is COc1ccc(C#Cc2nccc3cnc(Nc4ccc(S(C)(=O)=O)cc4)cc23)cn1. The molecule has 0 aliphatic heterocycles. The first-order chi connectivity index (χ1) is 14.9. The van der Waals surface area contributed by atoms with Gasteiger partial charge in [-0.2, -0.15) is 0 Å². The number of sulfone groups is 1. The van der Waals surface area contributed by atoms with Crippen LogP contribution < -0.4 is 10.1 Å². The van der Waals surface area contributed by atoms with Gasteiger partial charge in [-0.15, -0.1) is 0 Å². The van der Waals surface area contributed by atoms with Crippen LogP contribution in [0.15, 0.2) is 72.0 Å². The number of aromatic nitrogens is 3. The van der Waals surface area contributed by atoms with Gasteiger partial charge >= 0.3 is 0 Å². The van der Waals surface area contributed by atoms with Crippen LogP contribution in [0.5, 0.6) is 5.88 Å². The van der Waals surface area contributed by atoms with Crippen molar-refractivity contribution < 1.29 is 13.2 Å². The van der Waals surface area contributed by atoms with Crippen LogP contribution in [0, 0.1) is 11.8 Å². The number of ether oxygens (including phenoxy) is 1. The van der Waals surface area contributed by atoms with Crippen molar-refractivity contribution in [2.24, 2.45) is 0 Å². The zero-order chi connectivity index (χ0) is 21.8. The standard InChI is InChI=1S/C23H18N4O3S/c1-30-23-10-4-16(14-26-23)3-9-21-20-13-22(25-15-17(20)11-12-24-21)27-18-5-7-19(8-6-18)31(2,28)29/h4-8,10-15H,1-2H3,(H,25,27). The number of nitrogens with zero attached hydrogens (tertiary/aromatic N) is 3. The second kappa shape index (κ2) is 8.42. The summed E-state index contributed by atoms with van der Waals surface area (Å²) in [5.74, 6) is 7.28. The molecule has 0 aliphatic rings. The van der Waals surface area contributed by atoms with E-state index in [0.717, 1.165) is 22.0 Å². The molecular weight excluding hydrogens is 412 g/mol. The molecule has 0 saturated heterocycles. The summed E-state index contributed by atoms with van der Waals surface area (Å²) in [6.45, 7) is 0. The van der Waals surface area contributed by atoms with Gasteiger partial charge in [0.25, 0.3) is 0 Å². The molecule has 4 aromatic rings. The molecule has 154 valence electrons. The van der Waals surface area contributed by atoms with Crippen LogP contribution in [0.3, 0.4) is 0 Å². The average molecular weight is 430 g/mol. The van der Waals surface area contributed by atoms with Crippen LogP contribution in [-0.4, -0.2) is 36.7 Å². The summed E-state index contributed by atoms with van der Waals surface area (Å²) >= 11 is 0. The van der Waals surface area contributed by atoms with E-state index >= 15 is 0 Å². The maximum atomic E-state index is 11.6. The van der Waals surface area contributed by atoms with Gasteiger partial charge in [-0.05, 0) is 48.4 Å². The Morgan fingerprint density at radius 1 is 0.935 bits per heavy atom. The second-order valence-electron chi connectivity index (χ2n) is 6.71. The highest BCUT2D eigenvalue weighted by Crippen LogP contribution is 2.22. The van der Waals surface area contributed by atoms with Crippen molar-refractivity contribution in [2.45, 2.75) is 4.90 Å². The molecule has 0 radical (unpaired) electrons. The number of hydrogen-bond donors (Lipinski definition) is 1. The number of fused-ring (bicyclic) bond motifs is 1. The molecule has 1 aromatic carbocycles. The van der Waals surface area contributed by atoms with Crippen molar-refractivity contribution >= 4 is 32.1 Å². The largest absolute Gasteiger partial charge is 0.481 e. The highest BCUT2D eigenvalue weighted by atomic mass is 32.2. The smallest absolute Gasteiger partial charge is 0.212 e. The zero-order valence-corrected chi connectivity index (χ0v) is 17.6. The fraction of sp³-hybridized carbons (Fsp3) is 0.0870.